The van der Waals surface area contributed by atoms with Gasteiger partial charge in [-0.2, -0.15) is 8.42 Å². The number of rotatable bonds is 2. The summed E-state index contributed by atoms with van der Waals surface area (Å²) in [7, 11) is -4.01. The monoisotopic (exact) mass is 304 g/mol. The molecule has 0 spiro atoms. The molecule has 1 aliphatic rings. The number of sulfonamides is 1. The molecule has 0 amide bonds. The first-order chi connectivity index (χ1) is 8.79. The first kappa shape index (κ1) is 13.8. The third kappa shape index (κ3) is 2.87. The van der Waals surface area contributed by atoms with Crippen LogP contribution in [0.4, 0.5) is 10.1 Å². The van der Waals surface area contributed by atoms with Crippen molar-refractivity contribution >= 4 is 38.6 Å². The molecule has 0 aromatic heterocycles. The van der Waals surface area contributed by atoms with Gasteiger partial charge >= 0.3 is 5.97 Å². The molecule has 1 unspecified atom stereocenters. The maximum Gasteiger partial charge on any atom is 0.316 e. The lowest BCUT2D eigenvalue weighted by molar-refractivity contribution is -0.136. The average molecular weight is 304 g/mol. The van der Waals surface area contributed by atoms with Crippen molar-refractivity contribution in [1.29, 1.82) is 0 Å². The van der Waals surface area contributed by atoms with Crippen LogP contribution in [0.1, 0.15) is 6.92 Å². The van der Waals surface area contributed by atoms with Crippen LogP contribution in [0.15, 0.2) is 27.5 Å². The fourth-order valence-electron chi connectivity index (χ4n) is 1.38. The van der Waals surface area contributed by atoms with E-state index in [1.54, 1.807) is 0 Å². The van der Waals surface area contributed by atoms with Crippen molar-refractivity contribution in [3.05, 3.63) is 24.0 Å². The Bertz CT molecular complexity index is 672. The number of nitrogens with one attached hydrogen (secondary N) is 1. The number of fused-ring (bicyclic) bond motifs is 1. The predicted octanol–water partition coefficient (Wildman–Crippen LogP) is 1.50. The molecule has 19 heavy (non-hydrogen) atoms. The first-order valence-corrected chi connectivity index (χ1v) is 7.42. The molecule has 1 aromatic carbocycles. The van der Waals surface area contributed by atoms with E-state index in [-0.39, 0.29) is 15.8 Å². The van der Waals surface area contributed by atoms with E-state index in [1.165, 1.54) is 13.0 Å². The first-order valence-electron chi connectivity index (χ1n) is 5.10. The molecule has 9 heteroatoms. The zero-order chi connectivity index (χ0) is 14.2. The summed E-state index contributed by atoms with van der Waals surface area (Å²) in [6, 6.07) is 3.24. The third-order valence-electron chi connectivity index (χ3n) is 2.30. The number of benzene rings is 1. The van der Waals surface area contributed by atoms with Gasteiger partial charge in [-0.05, 0) is 25.1 Å². The molecule has 0 radical (unpaired) electrons. The van der Waals surface area contributed by atoms with Crippen LogP contribution in [-0.4, -0.2) is 29.9 Å². The van der Waals surface area contributed by atoms with E-state index in [0.717, 1.165) is 23.9 Å². The SMILES string of the molecule is CC(SC1=NS(=O)(=O)c2cc(F)ccc2N1)C(=O)O. The van der Waals surface area contributed by atoms with E-state index in [1.807, 2.05) is 0 Å². The van der Waals surface area contributed by atoms with Crippen molar-refractivity contribution in [3.63, 3.8) is 0 Å². The molecule has 1 atom stereocenters. The Balaban J connectivity index is 2.37. The van der Waals surface area contributed by atoms with E-state index in [0.29, 0.717) is 0 Å². The number of anilines is 1. The van der Waals surface area contributed by atoms with Crippen molar-refractivity contribution in [3.8, 4) is 0 Å². The second-order valence-electron chi connectivity index (χ2n) is 3.74. The van der Waals surface area contributed by atoms with Crippen LogP contribution in [0.3, 0.4) is 0 Å². The van der Waals surface area contributed by atoms with Crippen LogP contribution in [0.5, 0.6) is 0 Å². The average Bonchev–Trinajstić information content (AvgIpc) is 2.29. The van der Waals surface area contributed by atoms with Crippen LogP contribution < -0.4 is 5.32 Å². The summed E-state index contributed by atoms with van der Waals surface area (Å²) in [6.07, 6.45) is 0. The predicted molar refractivity (Wildman–Crippen MR) is 69.3 cm³/mol. The summed E-state index contributed by atoms with van der Waals surface area (Å²) in [5.41, 5.74) is 0.177. The highest BCUT2D eigenvalue weighted by Gasteiger charge is 2.27. The molecular formula is C10H9FN2O4S2. The third-order valence-corrected chi connectivity index (χ3v) is 4.71. The Morgan fingerprint density at radius 2 is 2.21 bits per heavy atom. The lowest BCUT2D eigenvalue weighted by Gasteiger charge is -2.18. The summed E-state index contributed by atoms with van der Waals surface area (Å²) < 4.78 is 40.1. The van der Waals surface area contributed by atoms with E-state index in [9.17, 15) is 17.6 Å². The fraction of sp³-hybridized carbons (Fsp3) is 0.200. The molecule has 2 rings (SSSR count). The van der Waals surface area contributed by atoms with Gasteiger partial charge in [-0.25, -0.2) is 4.39 Å². The molecule has 0 saturated heterocycles. The Morgan fingerprint density at radius 3 is 2.84 bits per heavy atom. The Morgan fingerprint density at radius 1 is 1.53 bits per heavy atom. The van der Waals surface area contributed by atoms with Gasteiger partial charge in [-0.1, -0.05) is 11.8 Å². The normalized spacial score (nSPS) is 17.9. The molecule has 0 saturated carbocycles. The second kappa shape index (κ2) is 4.82. The molecule has 1 heterocycles. The maximum absolute atomic E-state index is 13.0. The van der Waals surface area contributed by atoms with Crippen molar-refractivity contribution in [2.75, 3.05) is 5.32 Å². The van der Waals surface area contributed by atoms with Crippen molar-refractivity contribution < 1.29 is 22.7 Å². The number of carboxylic acid groups (broad SMARTS) is 1. The number of nitrogens with zero attached hydrogens (tertiary/aromatic N) is 1. The zero-order valence-electron chi connectivity index (χ0n) is 9.62. The quantitative estimate of drug-likeness (QED) is 0.859. The molecule has 2 N–H and O–H groups in total. The minimum absolute atomic E-state index is 0.0472. The van der Waals surface area contributed by atoms with Crippen molar-refractivity contribution in [2.24, 2.45) is 4.40 Å². The van der Waals surface area contributed by atoms with E-state index < -0.39 is 27.1 Å². The van der Waals surface area contributed by atoms with Crippen LogP contribution in [-0.2, 0) is 14.8 Å². The number of aliphatic carboxylic acids is 1. The Labute approximate surface area is 112 Å². The van der Waals surface area contributed by atoms with Gasteiger partial charge in [0.15, 0.2) is 5.17 Å². The lowest BCUT2D eigenvalue weighted by Crippen LogP contribution is -2.23. The maximum atomic E-state index is 13.0. The summed E-state index contributed by atoms with van der Waals surface area (Å²) in [5, 5.41) is 10.5. The standard InChI is InChI=1S/C10H9FN2O4S2/c1-5(9(14)15)18-10-12-7-3-2-6(11)4-8(7)19(16,17)13-10/h2-5H,1H3,(H,12,13)(H,14,15). The molecule has 0 aliphatic carbocycles. The number of carboxylic acids is 1. The lowest BCUT2D eigenvalue weighted by atomic mass is 10.3. The van der Waals surface area contributed by atoms with Gasteiger partial charge in [0, 0.05) is 0 Å². The summed E-state index contributed by atoms with van der Waals surface area (Å²) in [5.74, 6) is -1.77. The topological polar surface area (TPSA) is 95.8 Å². The number of hydrogen-bond acceptors (Lipinski definition) is 5. The number of hydrogen-bond donors (Lipinski definition) is 2. The van der Waals surface area contributed by atoms with Gasteiger partial charge < -0.3 is 10.4 Å². The van der Waals surface area contributed by atoms with Crippen LogP contribution >= 0.6 is 11.8 Å². The van der Waals surface area contributed by atoms with Crippen molar-refractivity contribution in [1.82, 2.24) is 0 Å². The molecule has 0 fully saturated rings. The molecule has 1 aliphatic heterocycles. The largest absolute Gasteiger partial charge is 0.480 e. The van der Waals surface area contributed by atoms with E-state index in [4.69, 9.17) is 5.11 Å². The highest BCUT2D eigenvalue weighted by molar-refractivity contribution is 8.15. The smallest absolute Gasteiger partial charge is 0.316 e. The number of halogens is 1. The van der Waals surface area contributed by atoms with Gasteiger partial charge in [0.25, 0.3) is 10.0 Å². The second-order valence-corrected chi connectivity index (χ2v) is 6.64. The zero-order valence-corrected chi connectivity index (χ0v) is 11.3. The number of carbonyl (C=O) groups is 1. The van der Waals surface area contributed by atoms with Gasteiger partial charge in [0.2, 0.25) is 0 Å². The summed E-state index contributed by atoms with van der Waals surface area (Å²) in [4.78, 5) is 10.5. The highest BCUT2D eigenvalue weighted by atomic mass is 32.2. The summed E-state index contributed by atoms with van der Waals surface area (Å²) >= 11 is 0.765. The molecular weight excluding hydrogens is 295 g/mol. The van der Waals surface area contributed by atoms with E-state index >= 15 is 0 Å². The molecule has 6 nitrogen and oxygen atoms in total. The molecule has 102 valence electrons. The minimum Gasteiger partial charge on any atom is -0.480 e. The van der Waals surface area contributed by atoms with Gasteiger partial charge in [0.05, 0.1) is 5.69 Å². The van der Waals surface area contributed by atoms with Crippen LogP contribution in [0.2, 0.25) is 0 Å². The van der Waals surface area contributed by atoms with E-state index in [2.05, 4.69) is 9.71 Å². The van der Waals surface area contributed by atoms with Gasteiger partial charge in [0.1, 0.15) is 16.0 Å². The van der Waals surface area contributed by atoms with Crippen molar-refractivity contribution in [2.45, 2.75) is 17.1 Å². The minimum atomic E-state index is -4.01. The molecule has 1 aromatic rings. The van der Waals surface area contributed by atoms with Gasteiger partial charge in [-0.3, -0.25) is 4.79 Å². The van der Waals surface area contributed by atoms with Crippen LogP contribution in [0, 0.1) is 5.82 Å². The Hall–Kier alpha value is -1.61. The Kier molecular flexibility index (Phi) is 3.50. The summed E-state index contributed by atoms with van der Waals surface area (Å²) in [6.45, 7) is 1.41. The molecule has 0 bridgehead atoms. The highest BCUT2D eigenvalue weighted by Crippen LogP contribution is 2.30. The fourth-order valence-corrected chi connectivity index (χ4v) is 3.47. The number of amidine groups is 1. The number of thioether (sulfide) groups is 1. The van der Waals surface area contributed by atoms with Crippen LogP contribution in [0.25, 0.3) is 0 Å². The van der Waals surface area contributed by atoms with Gasteiger partial charge in [-0.15, -0.1) is 4.40 Å².